The molecule has 0 unspecified atom stereocenters. The number of halogens is 2. The van der Waals surface area contributed by atoms with Crippen molar-refractivity contribution < 1.29 is 28.1 Å². The average Bonchev–Trinajstić information content (AvgIpc) is 3.32. The molecule has 2 heterocycles. The van der Waals surface area contributed by atoms with Gasteiger partial charge in [0.2, 0.25) is 0 Å². The van der Waals surface area contributed by atoms with E-state index in [0.717, 1.165) is 11.1 Å². The summed E-state index contributed by atoms with van der Waals surface area (Å²) in [4.78, 5) is 32.3. The fourth-order valence-corrected chi connectivity index (χ4v) is 6.29. The molecule has 0 radical (unpaired) electrons. The van der Waals surface area contributed by atoms with Gasteiger partial charge < -0.3 is 18.9 Å². The lowest BCUT2D eigenvalue weighted by Crippen LogP contribution is -2.39. The van der Waals surface area contributed by atoms with Crippen LogP contribution in [0.4, 0.5) is 4.39 Å². The van der Waals surface area contributed by atoms with E-state index in [1.165, 1.54) is 28.0 Å². The second-order valence-corrected chi connectivity index (χ2v) is 11.6. The zero-order chi connectivity index (χ0) is 31.4. The number of esters is 1. The molecule has 0 spiro atoms. The zero-order valence-electron chi connectivity index (χ0n) is 24.6. The molecule has 3 aromatic carbocycles. The van der Waals surface area contributed by atoms with Gasteiger partial charge in [0, 0.05) is 4.47 Å². The van der Waals surface area contributed by atoms with E-state index in [-0.39, 0.29) is 24.6 Å². The predicted molar refractivity (Wildman–Crippen MR) is 169 cm³/mol. The molecule has 44 heavy (non-hydrogen) atoms. The van der Waals surface area contributed by atoms with Crippen LogP contribution in [0.25, 0.3) is 6.08 Å². The fraction of sp³-hybridized carbons (Fsp3) is 0.242. The summed E-state index contributed by atoms with van der Waals surface area (Å²) in [5.41, 5.74) is 2.70. The number of methoxy groups -OCH3 is 1. The van der Waals surface area contributed by atoms with Gasteiger partial charge in [0.25, 0.3) is 5.56 Å². The number of hydrogen-bond acceptors (Lipinski definition) is 8. The van der Waals surface area contributed by atoms with Crippen LogP contribution < -0.4 is 29.1 Å². The molecule has 0 saturated carbocycles. The Balaban J connectivity index is 1.58. The number of rotatable bonds is 10. The minimum atomic E-state index is -0.733. The molecule has 5 rings (SSSR count). The highest BCUT2D eigenvalue weighted by Gasteiger charge is 2.33. The largest absolute Gasteiger partial charge is 0.497 e. The molecule has 228 valence electrons. The minimum Gasteiger partial charge on any atom is -0.497 e. The van der Waals surface area contributed by atoms with Crippen molar-refractivity contribution >= 4 is 39.3 Å². The van der Waals surface area contributed by atoms with Gasteiger partial charge >= 0.3 is 5.97 Å². The Morgan fingerprint density at radius 2 is 1.75 bits per heavy atom. The lowest BCUT2D eigenvalue weighted by Gasteiger charge is -2.24. The number of ether oxygens (including phenoxy) is 4. The van der Waals surface area contributed by atoms with Crippen molar-refractivity contribution in [2.75, 3.05) is 20.3 Å². The maximum atomic E-state index is 14.0. The third-order valence-electron chi connectivity index (χ3n) is 6.91. The Morgan fingerprint density at radius 3 is 2.41 bits per heavy atom. The van der Waals surface area contributed by atoms with Crippen LogP contribution in [0.15, 0.2) is 86.2 Å². The number of thiazole rings is 1. The summed E-state index contributed by atoms with van der Waals surface area (Å²) in [6.45, 7) is 6.15. The summed E-state index contributed by atoms with van der Waals surface area (Å²) in [6.07, 6.45) is 1.76. The maximum absolute atomic E-state index is 14.0. The molecule has 0 bridgehead atoms. The van der Waals surface area contributed by atoms with Crippen LogP contribution in [0.1, 0.15) is 43.5 Å². The zero-order valence-corrected chi connectivity index (χ0v) is 27.0. The molecule has 0 aliphatic carbocycles. The Bertz CT molecular complexity index is 1900. The third-order valence-corrected chi connectivity index (χ3v) is 8.58. The molecule has 0 amide bonds. The van der Waals surface area contributed by atoms with E-state index in [0.29, 0.717) is 54.5 Å². The van der Waals surface area contributed by atoms with E-state index in [2.05, 4.69) is 20.9 Å². The quantitative estimate of drug-likeness (QED) is 0.200. The lowest BCUT2D eigenvalue weighted by molar-refractivity contribution is -0.139. The Hall–Kier alpha value is -4.22. The number of carbonyl (C=O) groups excluding carboxylic acids is 1. The molecule has 0 saturated heterocycles. The fourth-order valence-electron chi connectivity index (χ4n) is 4.82. The van der Waals surface area contributed by atoms with Crippen molar-refractivity contribution in [3.63, 3.8) is 0 Å². The third kappa shape index (κ3) is 6.48. The Labute approximate surface area is 265 Å². The van der Waals surface area contributed by atoms with Crippen LogP contribution >= 0.6 is 27.3 Å². The number of fused-ring (bicyclic) bond motifs is 1. The van der Waals surface area contributed by atoms with Gasteiger partial charge in [-0.2, -0.15) is 0 Å². The van der Waals surface area contributed by atoms with Crippen molar-refractivity contribution in [3.05, 3.63) is 119 Å². The van der Waals surface area contributed by atoms with Crippen LogP contribution in [0, 0.1) is 5.82 Å². The number of hydrogen-bond donors (Lipinski definition) is 0. The van der Waals surface area contributed by atoms with E-state index < -0.39 is 12.0 Å². The normalized spacial score (nSPS) is 14.6. The first-order valence-electron chi connectivity index (χ1n) is 13.9. The monoisotopic (exact) mass is 680 g/mol. The number of aromatic nitrogens is 1. The topological polar surface area (TPSA) is 88.4 Å². The van der Waals surface area contributed by atoms with Crippen molar-refractivity contribution in [2.45, 2.75) is 33.4 Å². The van der Waals surface area contributed by atoms with Crippen molar-refractivity contribution in [3.8, 4) is 17.2 Å². The van der Waals surface area contributed by atoms with Crippen LogP contribution in [-0.4, -0.2) is 30.9 Å². The molecule has 1 aliphatic heterocycles. The SMILES string of the molecule is CCOC(=O)C1=C(C)N=c2s/c(=C\c3cc(OCC)c(OCc4ccc(F)cc4)cc3Br)c(=O)n2[C@H]1c1ccc(OC)cc1. The smallest absolute Gasteiger partial charge is 0.338 e. The van der Waals surface area contributed by atoms with Crippen molar-refractivity contribution in [2.24, 2.45) is 4.99 Å². The molecule has 1 aliphatic rings. The second kappa shape index (κ2) is 13.6. The first kappa shape index (κ1) is 31.2. The minimum absolute atomic E-state index is 0.190. The van der Waals surface area contributed by atoms with Gasteiger partial charge in [-0.1, -0.05) is 51.5 Å². The van der Waals surface area contributed by atoms with Gasteiger partial charge in [-0.3, -0.25) is 9.36 Å². The number of allylic oxidation sites excluding steroid dienone is 1. The van der Waals surface area contributed by atoms with Crippen LogP contribution in [0.5, 0.6) is 17.2 Å². The summed E-state index contributed by atoms with van der Waals surface area (Å²) in [7, 11) is 1.57. The van der Waals surface area contributed by atoms with Gasteiger partial charge in [-0.15, -0.1) is 0 Å². The second-order valence-electron chi connectivity index (χ2n) is 9.74. The molecular weight excluding hydrogens is 651 g/mol. The first-order valence-corrected chi connectivity index (χ1v) is 15.5. The molecule has 1 aromatic heterocycles. The lowest BCUT2D eigenvalue weighted by atomic mass is 9.96. The highest BCUT2D eigenvalue weighted by Crippen LogP contribution is 2.35. The first-order chi connectivity index (χ1) is 21.2. The van der Waals surface area contributed by atoms with Crippen molar-refractivity contribution in [1.82, 2.24) is 4.57 Å². The maximum Gasteiger partial charge on any atom is 0.338 e. The molecular formula is C33H30BrFN2O6S. The van der Waals surface area contributed by atoms with E-state index in [1.807, 2.05) is 19.1 Å². The number of benzene rings is 3. The standard InChI is InChI=1S/C33H30BrFN2O6S/c1-5-41-26-15-22(25(34)17-27(26)43-18-20-7-11-23(35)12-8-20)16-28-31(38)37-30(21-9-13-24(40-4)14-10-21)29(32(39)42-6-2)19(3)36-33(37)44-28/h7-17,30H,5-6,18H2,1-4H3/b28-16-/t30-/m0/s1. The van der Waals surface area contributed by atoms with E-state index in [1.54, 1.807) is 63.4 Å². The highest BCUT2D eigenvalue weighted by molar-refractivity contribution is 9.10. The summed E-state index contributed by atoms with van der Waals surface area (Å²) in [5, 5.41) is 0. The Kier molecular flexibility index (Phi) is 9.65. The van der Waals surface area contributed by atoms with Crippen LogP contribution in [0.3, 0.4) is 0 Å². The predicted octanol–water partition coefficient (Wildman–Crippen LogP) is 5.69. The number of carbonyl (C=O) groups is 1. The van der Waals surface area contributed by atoms with Crippen molar-refractivity contribution in [1.29, 1.82) is 0 Å². The highest BCUT2D eigenvalue weighted by atomic mass is 79.9. The van der Waals surface area contributed by atoms with E-state index in [4.69, 9.17) is 18.9 Å². The van der Waals surface area contributed by atoms with Crippen LogP contribution in [-0.2, 0) is 16.1 Å². The van der Waals surface area contributed by atoms with E-state index >= 15 is 0 Å². The summed E-state index contributed by atoms with van der Waals surface area (Å²) in [6, 6.07) is 16.2. The molecule has 0 N–H and O–H groups in total. The van der Waals surface area contributed by atoms with E-state index in [9.17, 15) is 14.0 Å². The Morgan fingerprint density at radius 1 is 1.05 bits per heavy atom. The average molecular weight is 682 g/mol. The van der Waals surface area contributed by atoms with Gasteiger partial charge in [0.15, 0.2) is 16.3 Å². The molecule has 11 heteroatoms. The summed E-state index contributed by atoms with van der Waals surface area (Å²) >= 11 is 4.84. The number of nitrogens with zero attached hydrogens (tertiary/aromatic N) is 2. The molecule has 1 atom stereocenters. The van der Waals surface area contributed by atoms with Gasteiger partial charge in [0.1, 0.15) is 18.2 Å². The van der Waals surface area contributed by atoms with Crippen LogP contribution in [0.2, 0.25) is 0 Å². The molecule has 4 aromatic rings. The molecule has 8 nitrogen and oxygen atoms in total. The summed E-state index contributed by atoms with van der Waals surface area (Å²) in [5.74, 6) is 0.803. The van der Waals surface area contributed by atoms with Gasteiger partial charge in [-0.05, 0) is 79.9 Å². The van der Waals surface area contributed by atoms with Gasteiger partial charge in [-0.25, -0.2) is 14.2 Å². The van der Waals surface area contributed by atoms with Gasteiger partial charge in [0.05, 0.1) is 42.2 Å². The molecule has 0 fully saturated rings. The summed E-state index contributed by atoms with van der Waals surface area (Å²) < 4.78 is 38.5.